The first-order valence-electron chi connectivity index (χ1n) is 11.5. The molecule has 1 N–H and O–H groups in total. The van der Waals surface area contributed by atoms with Crippen LogP contribution in [0.5, 0.6) is 5.75 Å². The minimum Gasteiger partial charge on any atom is -0.494 e. The van der Waals surface area contributed by atoms with Crippen LogP contribution in [0.4, 0.5) is 5.82 Å². The van der Waals surface area contributed by atoms with E-state index in [1.807, 2.05) is 60.1 Å². The summed E-state index contributed by atoms with van der Waals surface area (Å²) in [6, 6.07) is 19.8. The number of likely N-dealkylation sites (tertiary alicyclic amines) is 1. The fourth-order valence-electron chi connectivity index (χ4n) is 4.41. The summed E-state index contributed by atoms with van der Waals surface area (Å²) < 4.78 is 13.2. The Kier molecular flexibility index (Phi) is 7.75. The molecule has 0 bridgehead atoms. The number of methoxy groups -OCH3 is 1. The van der Waals surface area contributed by atoms with E-state index in [0.29, 0.717) is 12.4 Å². The average molecular weight is 449 g/mol. The Bertz CT molecular complexity index is 1030. The lowest BCUT2D eigenvalue weighted by Crippen LogP contribution is -2.35. The summed E-state index contributed by atoms with van der Waals surface area (Å²) in [4.78, 5) is 15.4. The molecule has 0 unspecified atom stereocenters. The summed E-state index contributed by atoms with van der Waals surface area (Å²) in [5.74, 6) is 1.47. The van der Waals surface area contributed by atoms with E-state index in [0.717, 1.165) is 43.8 Å². The second-order valence-electron chi connectivity index (χ2n) is 8.22. The third-order valence-electron chi connectivity index (χ3n) is 6.07. The number of benzene rings is 2. The van der Waals surface area contributed by atoms with Crippen LogP contribution in [0.1, 0.15) is 43.0 Å². The Morgan fingerprint density at radius 3 is 2.55 bits per heavy atom. The molecule has 1 aliphatic rings. The van der Waals surface area contributed by atoms with Crippen molar-refractivity contribution >= 4 is 11.7 Å². The minimum absolute atomic E-state index is 0.199. The molecule has 1 aliphatic heterocycles. The van der Waals surface area contributed by atoms with Crippen LogP contribution in [0.2, 0.25) is 0 Å². The zero-order valence-electron chi connectivity index (χ0n) is 19.3. The fourth-order valence-corrected chi connectivity index (χ4v) is 4.41. The van der Waals surface area contributed by atoms with E-state index in [4.69, 9.17) is 9.47 Å². The molecule has 1 atom stereocenters. The van der Waals surface area contributed by atoms with Crippen LogP contribution in [-0.2, 0) is 16.1 Å². The molecule has 1 saturated heterocycles. The number of hydrogen-bond acceptors (Lipinski definition) is 5. The molecule has 33 heavy (non-hydrogen) atoms. The second kappa shape index (κ2) is 11.1. The molecule has 0 saturated carbocycles. The van der Waals surface area contributed by atoms with Crippen molar-refractivity contribution in [3.05, 3.63) is 78.0 Å². The molecule has 4 rings (SSSR count). The van der Waals surface area contributed by atoms with E-state index in [2.05, 4.69) is 27.4 Å². The van der Waals surface area contributed by atoms with Gasteiger partial charge in [-0.1, -0.05) is 48.5 Å². The number of rotatable bonds is 9. The highest BCUT2D eigenvalue weighted by molar-refractivity contribution is 5.94. The Hall–Kier alpha value is -3.16. The normalized spacial score (nSPS) is 15.8. The molecule has 1 fully saturated rings. The van der Waals surface area contributed by atoms with Crippen molar-refractivity contribution in [2.45, 2.75) is 38.5 Å². The van der Waals surface area contributed by atoms with E-state index in [-0.39, 0.29) is 11.9 Å². The monoisotopic (exact) mass is 448 g/mol. The van der Waals surface area contributed by atoms with Crippen LogP contribution >= 0.6 is 0 Å². The lowest BCUT2D eigenvalue weighted by atomic mass is 10.0. The molecule has 7 heteroatoms. The lowest BCUT2D eigenvalue weighted by molar-refractivity contribution is -0.126. The zero-order valence-corrected chi connectivity index (χ0v) is 19.3. The van der Waals surface area contributed by atoms with Crippen molar-refractivity contribution in [3.63, 3.8) is 0 Å². The molecule has 0 aliphatic carbocycles. The average Bonchev–Trinajstić information content (AvgIpc) is 3.30. The first-order chi connectivity index (χ1) is 16.2. The van der Waals surface area contributed by atoms with Crippen molar-refractivity contribution in [1.29, 1.82) is 0 Å². The quantitative estimate of drug-likeness (QED) is 0.524. The third kappa shape index (κ3) is 5.61. The van der Waals surface area contributed by atoms with E-state index in [1.54, 1.807) is 13.3 Å². The van der Waals surface area contributed by atoms with Crippen LogP contribution < -0.4 is 10.1 Å². The van der Waals surface area contributed by atoms with E-state index in [9.17, 15) is 4.79 Å². The van der Waals surface area contributed by atoms with Crippen LogP contribution in [-0.4, -0.2) is 47.4 Å². The highest BCUT2D eigenvalue weighted by Crippen LogP contribution is 2.28. The topological polar surface area (TPSA) is 68.6 Å². The minimum atomic E-state index is -0.665. The molecular weight excluding hydrogens is 416 g/mol. The first kappa shape index (κ1) is 23.0. The summed E-state index contributed by atoms with van der Waals surface area (Å²) in [6.45, 7) is 5.48. The van der Waals surface area contributed by atoms with Crippen molar-refractivity contribution in [2.24, 2.45) is 0 Å². The summed E-state index contributed by atoms with van der Waals surface area (Å²) >= 11 is 0. The summed E-state index contributed by atoms with van der Waals surface area (Å²) in [5, 5.41) is 7.54. The van der Waals surface area contributed by atoms with Gasteiger partial charge in [0, 0.05) is 38.4 Å². The van der Waals surface area contributed by atoms with Gasteiger partial charge in [-0.2, -0.15) is 5.10 Å². The number of para-hydroxylation sites is 1. The van der Waals surface area contributed by atoms with Gasteiger partial charge in [-0.05, 0) is 31.4 Å². The molecule has 0 radical (unpaired) electrons. The number of nitrogens with one attached hydrogen (secondary N) is 1. The number of carbonyl (C=O) groups excluding carboxylic acids is 1. The molecule has 2 aromatic carbocycles. The predicted molar refractivity (Wildman–Crippen MR) is 128 cm³/mol. The number of hydrogen-bond donors (Lipinski definition) is 1. The fraction of sp³-hybridized carbons (Fsp3) is 0.385. The first-order valence-corrected chi connectivity index (χ1v) is 11.5. The van der Waals surface area contributed by atoms with Crippen LogP contribution in [0.3, 0.4) is 0 Å². The van der Waals surface area contributed by atoms with Gasteiger partial charge in [0.05, 0.1) is 18.8 Å². The van der Waals surface area contributed by atoms with Gasteiger partial charge in [-0.3, -0.25) is 9.69 Å². The van der Waals surface area contributed by atoms with Gasteiger partial charge < -0.3 is 14.8 Å². The smallest absolute Gasteiger partial charge is 0.259 e. The molecule has 2 heterocycles. The van der Waals surface area contributed by atoms with Gasteiger partial charge >= 0.3 is 0 Å². The molecule has 174 valence electrons. The number of carbonyl (C=O) groups is 1. The van der Waals surface area contributed by atoms with Gasteiger partial charge in [0.1, 0.15) is 11.6 Å². The molecule has 3 aromatic rings. The van der Waals surface area contributed by atoms with Crippen molar-refractivity contribution in [2.75, 3.05) is 32.1 Å². The molecule has 1 aromatic heterocycles. The number of aromatic nitrogens is 2. The van der Waals surface area contributed by atoms with Crippen molar-refractivity contribution in [1.82, 2.24) is 14.7 Å². The van der Waals surface area contributed by atoms with Gasteiger partial charge in [0.2, 0.25) is 0 Å². The summed E-state index contributed by atoms with van der Waals surface area (Å²) in [6.07, 6.45) is 3.01. The number of ether oxygens (including phenoxy) is 2. The van der Waals surface area contributed by atoms with Crippen LogP contribution in [0, 0.1) is 0 Å². The summed E-state index contributed by atoms with van der Waals surface area (Å²) in [5.41, 5.74) is 2.04. The highest BCUT2D eigenvalue weighted by Gasteiger charge is 2.26. The predicted octanol–water partition coefficient (Wildman–Crippen LogP) is 4.45. The number of nitrogens with zero attached hydrogens (tertiary/aromatic N) is 3. The third-order valence-corrected chi connectivity index (χ3v) is 6.07. The number of amides is 1. The molecule has 7 nitrogen and oxygen atoms in total. The van der Waals surface area contributed by atoms with E-state index >= 15 is 0 Å². The number of anilines is 1. The van der Waals surface area contributed by atoms with Crippen LogP contribution in [0.15, 0.2) is 66.9 Å². The lowest BCUT2D eigenvalue weighted by Gasteiger charge is -2.33. The maximum Gasteiger partial charge on any atom is 0.259 e. The van der Waals surface area contributed by atoms with E-state index in [1.165, 1.54) is 5.56 Å². The van der Waals surface area contributed by atoms with Crippen molar-refractivity contribution in [3.8, 4) is 5.75 Å². The maximum atomic E-state index is 12.9. The van der Waals surface area contributed by atoms with Gasteiger partial charge in [0.25, 0.3) is 5.91 Å². The Balaban J connectivity index is 1.37. The van der Waals surface area contributed by atoms with Gasteiger partial charge in [-0.15, -0.1) is 0 Å². The Labute approximate surface area is 195 Å². The Morgan fingerprint density at radius 1 is 1.09 bits per heavy atom. The molecule has 0 spiro atoms. The SMILES string of the molecule is CCOc1ccccc1CN1CCC(n2nccc2NC(=O)[C@@H](OC)c2ccccc2)CC1. The highest BCUT2D eigenvalue weighted by atomic mass is 16.5. The molecular formula is C26H32N4O3. The molecule has 1 amide bonds. The second-order valence-corrected chi connectivity index (χ2v) is 8.22. The van der Waals surface area contributed by atoms with Gasteiger partial charge in [0.15, 0.2) is 6.10 Å². The number of piperidine rings is 1. The summed E-state index contributed by atoms with van der Waals surface area (Å²) in [7, 11) is 1.55. The zero-order chi connectivity index (χ0) is 23.0. The van der Waals surface area contributed by atoms with E-state index < -0.39 is 6.10 Å². The van der Waals surface area contributed by atoms with Crippen LogP contribution in [0.25, 0.3) is 0 Å². The Morgan fingerprint density at radius 2 is 1.82 bits per heavy atom. The van der Waals surface area contributed by atoms with Crippen molar-refractivity contribution < 1.29 is 14.3 Å². The largest absolute Gasteiger partial charge is 0.494 e. The maximum absolute atomic E-state index is 12.9. The van der Waals surface area contributed by atoms with Gasteiger partial charge in [-0.25, -0.2) is 4.68 Å². The standard InChI is InChI=1S/C26H32N4O3/c1-3-33-23-12-8-7-11-21(23)19-29-17-14-22(15-18-29)30-24(13-16-27-30)28-26(31)25(32-2)20-9-5-4-6-10-20/h4-13,16,22,25H,3,14-15,17-19H2,1-2H3,(H,28,31)/t25-/m0/s1.